The molecule has 1 aromatic heterocycles. The molecule has 0 spiro atoms. The number of aromatic nitrogens is 1. The lowest BCUT2D eigenvalue weighted by Crippen LogP contribution is -2.54. The van der Waals surface area contributed by atoms with Crippen LogP contribution in [0.15, 0.2) is 24.7 Å². The van der Waals surface area contributed by atoms with Gasteiger partial charge in [0.1, 0.15) is 0 Å². The maximum absolute atomic E-state index is 11.3. The van der Waals surface area contributed by atoms with Gasteiger partial charge in [-0.3, -0.25) is 10.1 Å². The number of hydrogen-bond donors (Lipinski definition) is 3. The molecule has 4 heteroatoms. The second-order valence-corrected chi connectivity index (χ2v) is 2.57. The summed E-state index contributed by atoms with van der Waals surface area (Å²) in [5.74, 6) is 0.231. The molecular weight excluding hydrogens is 154 g/mol. The van der Waals surface area contributed by atoms with Crippen LogP contribution in [0.2, 0.25) is 0 Å². The van der Waals surface area contributed by atoms with Gasteiger partial charge >= 0.3 is 0 Å². The molecule has 1 aromatic rings. The van der Waals surface area contributed by atoms with Crippen LogP contribution in [0, 0.1) is 6.92 Å². The van der Waals surface area contributed by atoms with Crippen LogP contribution in [-0.4, -0.2) is 10.9 Å². The smallest absolute Gasteiger partial charge is 0.261 e. The van der Waals surface area contributed by atoms with Crippen molar-refractivity contribution < 1.29 is 10.5 Å². The van der Waals surface area contributed by atoms with Crippen molar-refractivity contribution >= 4 is 5.91 Å². The zero-order valence-electron chi connectivity index (χ0n) is 6.98. The average Bonchev–Trinajstić information content (AvgIpc) is 2.33. The lowest BCUT2D eigenvalue weighted by Gasteiger charge is -1.99. The van der Waals surface area contributed by atoms with E-state index in [1.165, 1.54) is 0 Å². The first-order valence-corrected chi connectivity index (χ1v) is 3.57. The number of carbonyl (C=O) groups excluding carboxylic acids is 1. The molecule has 0 aromatic carbocycles. The monoisotopic (exact) mass is 166 g/mol. The summed E-state index contributed by atoms with van der Waals surface area (Å²) in [4.78, 5) is 14.2. The summed E-state index contributed by atoms with van der Waals surface area (Å²) >= 11 is 0. The number of nitrogens with one attached hydrogen (secondary N) is 2. The van der Waals surface area contributed by atoms with Gasteiger partial charge in [0.25, 0.3) is 5.91 Å². The molecule has 64 valence electrons. The third-order valence-electron chi connectivity index (χ3n) is 1.49. The summed E-state index contributed by atoms with van der Waals surface area (Å²) in [6, 6.07) is 1.72. The van der Waals surface area contributed by atoms with Gasteiger partial charge < -0.3 is 10.7 Å². The van der Waals surface area contributed by atoms with Crippen LogP contribution in [0.4, 0.5) is 0 Å². The quantitative estimate of drug-likeness (QED) is 0.557. The fourth-order valence-corrected chi connectivity index (χ4v) is 0.927. The van der Waals surface area contributed by atoms with E-state index in [4.69, 9.17) is 0 Å². The first kappa shape index (κ1) is 8.55. The number of rotatable bonds is 2. The fourth-order valence-electron chi connectivity index (χ4n) is 0.927. The largest absolute Gasteiger partial charge is 0.365 e. The Morgan fingerprint density at radius 2 is 2.42 bits per heavy atom. The van der Waals surface area contributed by atoms with Crippen molar-refractivity contribution in [3.63, 3.8) is 0 Å². The Balaban J connectivity index is 2.78. The van der Waals surface area contributed by atoms with Crippen molar-refractivity contribution in [3.8, 4) is 0 Å². The number of aryl methyl sites for hydroxylation is 1. The predicted octanol–water partition coefficient (Wildman–Crippen LogP) is -0.234. The van der Waals surface area contributed by atoms with E-state index >= 15 is 0 Å². The molecule has 0 fully saturated rings. The van der Waals surface area contributed by atoms with Gasteiger partial charge in [-0.05, 0) is 19.6 Å². The van der Waals surface area contributed by atoms with Gasteiger partial charge in [0.15, 0.2) is 5.82 Å². The number of H-pyrrole nitrogens is 1. The van der Waals surface area contributed by atoms with E-state index < -0.39 is 0 Å². The van der Waals surface area contributed by atoms with Gasteiger partial charge in [-0.25, -0.2) is 0 Å². The van der Waals surface area contributed by atoms with Crippen LogP contribution in [0.5, 0.6) is 0 Å². The van der Waals surface area contributed by atoms with Crippen molar-refractivity contribution in [2.75, 3.05) is 0 Å². The molecule has 4 nitrogen and oxygen atoms in total. The molecule has 0 aliphatic carbocycles. The highest BCUT2D eigenvalue weighted by Crippen LogP contribution is 2.03. The topological polar surface area (TPSA) is 72.5 Å². The van der Waals surface area contributed by atoms with Crippen LogP contribution in [0.25, 0.3) is 0 Å². The maximum Gasteiger partial charge on any atom is 0.261 e. The molecule has 0 radical (unpaired) electrons. The summed E-state index contributed by atoms with van der Waals surface area (Å²) in [6.45, 7) is 5.32. The van der Waals surface area contributed by atoms with Crippen molar-refractivity contribution in [1.29, 1.82) is 0 Å². The van der Waals surface area contributed by atoms with Crippen molar-refractivity contribution in [1.82, 2.24) is 10.3 Å². The highest BCUT2D eigenvalue weighted by atomic mass is 16.1. The van der Waals surface area contributed by atoms with Gasteiger partial charge in [-0.2, -0.15) is 0 Å². The van der Waals surface area contributed by atoms with Gasteiger partial charge in [0.05, 0.1) is 5.56 Å². The highest BCUT2D eigenvalue weighted by molar-refractivity contribution is 5.96. The third-order valence-corrected chi connectivity index (χ3v) is 1.49. The molecule has 0 bridgehead atoms. The van der Waals surface area contributed by atoms with Crippen LogP contribution in [0.3, 0.4) is 0 Å². The number of quaternary nitrogens is 1. The van der Waals surface area contributed by atoms with Gasteiger partial charge in [-0.1, -0.05) is 0 Å². The molecular formula is C8H12N3O+. The van der Waals surface area contributed by atoms with Crippen molar-refractivity contribution in [2.45, 2.75) is 6.92 Å². The third kappa shape index (κ3) is 1.73. The molecule has 1 amide bonds. The molecule has 12 heavy (non-hydrogen) atoms. The molecule has 1 heterocycles. The fraction of sp³-hybridized carbons (Fsp3) is 0.125. The Labute approximate surface area is 70.5 Å². The molecule has 0 atom stereocenters. The Bertz CT molecular complexity index is 314. The molecule has 0 saturated heterocycles. The standard InChI is InChI=1S/C8H11N3O/c1-5-7(3-4-10-5)8(12)11-6(2)9/h3-4,10H,2,9H2,1H3,(H,11,12)/p+1. The highest BCUT2D eigenvalue weighted by Gasteiger charge is 2.09. The molecule has 5 N–H and O–H groups in total. The lowest BCUT2D eigenvalue weighted by molar-refractivity contribution is -0.308. The minimum Gasteiger partial charge on any atom is -0.365 e. The van der Waals surface area contributed by atoms with Gasteiger partial charge in [0.2, 0.25) is 0 Å². The molecule has 0 saturated carbocycles. The average molecular weight is 166 g/mol. The number of carbonyl (C=O) groups is 1. The van der Waals surface area contributed by atoms with Crippen LogP contribution in [-0.2, 0) is 0 Å². The summed E-state index contributed by atoms with van der Waals surface area (Å²) in [6.07, 6.45) is 1.72. The summed E-state index contributed by atoms with van der Waals surface area (Å²) < 4.78 is 0. The van der Waals surface area contributed by atoms with Gasteiger partial charge in [0, 0.05) is 11.9 Å². The van der Waals surface area contributed by atoms with Crippen LogP contribution < -0.4 is 11.1 Å². The summed E-state index contributed by atoms with van der Waals surface area (Å²) in [7, 11) is 0. The van der Waals surface area contributed by atoms with Gasteiger partial charge in [-0.15, -0.1) is 0 Å². The molecule has 0 aliphatic rings. The van der Waals surface area contributed by atoms with E-state index in [-0.39, 0.29) is 5.91 Å². The van der Waals surface area contributed by atoms with Crippen molar-refractivity contribution in [2.24, 2.45) is 0 Å². The Morgan fingerprint density at radius 1 is 1.75 bits per heavy atom. The molecule has 0 aliphatic heterocycles. The number of amides is 1. The molecule has 1 rings (SSSR count). The predicted molar refractivity (Wildman–Crippen MR) is 45.0 cm³/mol. The first-order valence-electron chi connectivity index (χ1n) is 3.57. The SMILES string of the molecule is C=C([NH3+])NC(=O)c1cc[nH]c1C. The second-order valence-electron chi connectivity index (χ2n) is 2.57. The minimum atomic E-state index is -0.172. The summed E-state index contributed by atoms with van der Waals surface area (Å²) in [5.41, 5.74) is 4.95. The maximum atomic E-state index is 11.3. The van der Waals surface area contributed by atoms with E-state index in [1.807, 2.05) is 6.92 Å². The Morgan fingerprint density at radius 3 is 2.83 bits per heavy atom. The normalized spacial score (nSPS) is 9.50. The number of aromatic amines is 1. The Hall–Kier alpha value is -1.55. The van der Waals surface area contributed by atoms with Crippen molar-refractivity contribution in [3.05, 3.63) is 35.9 Å². The van der Waals surface area contributed by atoms with E-state index in [9.17, 15) is 4.79 Å². The van der Waals surface area contributed by atoms with E-state index in [1.54, 1.807) is 12.3 Å². The number of hydrogen-bond acceptors (Lipinski definition) is 1. The van der Waals surface area contributed by atoms with E-state index in [0.29, 0.717) is 11.4 Å². The zero-order chi connectivity index (χ0) is 9.14. The molecule has 0 unspecified atom stereocenters. The van der Waals surface area contributed by atoms with E-state index in [2.05, 4.69) is 22.6 Å². The summed E-state index contributed by atoms with van der Waals surface area (Å²) in [5, 5.41) is 2.52. The lowest BCUT2D eigenvalue weighted by atomic mass is 10.2. The van der Waals surface area contributed by atoms with Crippen LogP contribution >= 0.6 is 0 Å². The zero-order valence-corrected chi connectivity index (χ0v) is 6.98. The second kappa shape index (κ2) is 3.23. The first-order chi connectivity index (χ1) is 5.61. The van der Waals surface area contributed by atoms with E-state index in [0.717, 1.165) is 5.69 Å². The minimum absolute atomic E-state index is 0.172. The van der Waals surface area contributed by atoms with Crippen LogP contribution in [0.1, 0.15) is 16.1 Å². The Kier molecular flexibility index (Phi) is 2.30.